The van der Waals surface area contributed by atoms with Crippen LogP contribution in [-0.4, -0.2) is 37.5 Å². The Morgan fingerprint density at radius 1 is 1.17 bits per heavy atom. The number of ether oxygens (including phenoxy) is 1. The molecular formula is C18H19Cl3N2O. The molecule has 0 unspecified atom stereocenters. The predicted octanol–water partition coefficient (Wildman–Crippen LogP) is 5.24. The van der Waals surface area contributed by atoms with Crippen molar-refractivity contribution in [3.63, 3.8) is 0 Å². The summed E-state index contributed by atoms with van der Waals surface area (Å²) in [6.07, 6.45) is 7.54. The summed E-state index contributed by atoms with van der Waals surface area (Å²) in [5.74, 6) is 0. The van der Waals surface area contributed by atoms with Crippen LogP contribution >= 0.6 is 34.8 Å². The van der Waals surface area contributed by atoms with Gasteiger partial charge in [0.15, 0.2) is 0 Å². The molecule has 3 rings (SSSR count). The highest BCUT2D eigenvalue weighted by atomic mass is 35.5. The van der Waals surface area contributed by atoms with Gasteiger partial charge in [0.2, 0.25) is 0 Å². The lowest BCUT2D eigenvalue weighted by atomic mass is 10.1. The minimum atomic E-state index is -0.137. The van der Waals surface area contributed by atoms with Gasteiger partial charge in [-0.3, -0.25) is 4.99 Å². The summed E-state index contributed by atoms with van der Waals surface area (Å²) in [6.45, 7) is 3.02. The Balaban J connectivity index is 1.73. The molecule has 1 aliphatic carbocycles. The van der Waals surface area contributed by atoms with Crippen molar-refractivity contribution in [1.82, 2.24) is 4.90 Å². The summed E-state index contributed by atoms with van der Waals surface area (Å²) in [5.41, 5.74) is 2.19. The van der Waals surface area contributed by atoms with Gasteiger partial charge in [-0.15, -0.1) is 0 Å². The lowest BCUT2D eigenvalue weighted by molar-refractivity contribution is 0.0538. The number of allylic oxidation sites excluding steroid dienone is 3. The van der Waals surface area contributed by atoms with E-state index < -0.39 is 0 Å². The van der Waals surface area contributed by atoms with Crippen LogP contribution in [-0.2, 0) is 4.74 Å². The number of rotatable bonds is 6. The zero-order valence-corrected chi connectivity index (χ0v) is 15.5. The highest BCUT2D eigenvalue weighted by Crippen LogP contribution is 2.30. The summed E-state index contributed by atoms with van der Waals surface area (Å²) in [5, 5.41) is 2.15. The summed E-state index contributed by atoms with van der Waals surface area (Å²) in [7, 11) is 0. The minimum absolute atomic E-state index is 0.137. The van der Waals surface area contributed by atoms with Crippen molar-refractivity contribution in [2.75, 3.05) is 26.2 Å². The van der Waals surface area contributed by atoms with Crippen LogP contribution in [0.25, 0.3) is 0 Å². The first kappa shape index (κ1) is 17.8. The van der Waals surface area contributed by atoms with E-state index in [-0.39, 0.29) is 6.10 Å². The Kier molecular flexibility index (Phi) is 6.23. The van der Waals surface area contributed by atoms with E-state index in [1.54, 1.807) is 6.07 Å². The number of nitrogens with zero attached hydrogens (tertiary/aromatic N) is 2. The van der Waals surface area contributed by atoms with Crippen LogP contribution in [0.15, 0.2) is 45.9 Å². The van der Waals surface area contributed by atoms with E-state index in [0.717, 1.165) is 36.5 Å². The van der Waals surface area contributed by atoms with Gasteiger partial charge in [0.25, 0.3) is 0 Å². The minimum Gasteiger partial charge on any atom is -0.367 e. The summed E-state index contributed by atoms with van der Waals surface area (Å²) in [4.78, 5) is 6.42. The van der Waals surface area contributed by atoms with Crippen LogP contribution in [0.5, 0.6) is 0 Å². The van der Waals surface area contributed by atoms with E-state index in [0.29, 0.717) is 23.2 Å². The molecule has 0 amide bonds. The summed E-state index contributed by atoms with van der Waals surface area (Å²) in [6, 6.07) is 5.55. The van der Waals surface area contributed by atoms with Crippen LogP contribution < -0.4 is 0 Å². The van der Waals surface area contributed by atoms with E-state index in [1.165, 1.54) is 5.57 Å². The molecule has 1 heterocycles. The molecule has 0 N–H and O–H groups in total. The number of benzene rings is 1. The highest BCUT2D eigenvalue weighted by molar-refractivity contribution is 6.35. The topological polar surface area (TPSA) is 24.8 Å². The molecule has 0 saturated carbocycles. The Morgan fingerprint density at radius 2 is 2.04 bits per heavy atom. The van der Waals surface area contributed by atoms with Crippen LogP contribution in [0.4, 0.5) is 0 Å². The maximum atomic E-state index is 6.39. The second kappa shape index (κ2) is 8.39. The number of hydrogen-bond donors (Lipinski definition) is 0. The summed E-state index contributed by atoms with van der Waals surface area (Å²) >= 11 is 18.4. The molecule has 3 nitrogen and oxygen atoms in total. The quantitative estimate of drug-likeness (QED) is 0.669. The molecule has 0 saturated heterocycles. The second-order valence-corrected chi connectivity index (χ2v) is 7.25. The van der Waals surface area contributed by atoms with Crippen LogP contribution in [0.3, 0.4) is 0 Å². The Labute approximate surface area is 157 Å². The van der Waals surface area contributed by atoms with Crippen molar-refractivity contribution in [1.29, 1.82) is 0 Å². The molecule has 128 valence electrons. The number of halogens is 3. The average molecular weight is 386 g/mol. The van der Waals surface area contributed by atoms with Gasteiger partial charge in [0.05, 0.1) is 19.5 Å². The van der Waals surface area contributed by atoms with Gasteiger partial charge in [-0.25, -0.2) is 0 Å². The maximum absolute atomic E-state index is 6.39. The fourth-order valence-electron chi connectivity index (χ4n) is 2.75. The number of hydrogen-bond acceptors (Lipinski definition) is 3. The normalized spacial score (nSPS) is 18.5. The lowest BCUT2D eigenvalue weighted by Gasteiger charge is -2.25. The zero-order valence-electron chi connectivity index (χ0n) is 13.2. The molecule has 1 aromatic carbocycles. The van der Waals surface area contributed by atoms with Crippen molar-refractivity contribution < 1.29 is 4.74 Å². The Morgan fingerprint density at radius 3 is 2.71 bits per heavy atom. The highest BCUT2D eigenvalue weighted by Gasteiger charge is 2.20. The molecule has 24 heavy (non-hydrogen) atoms. The lowest BCUT2D eigenvalue weighted by Crippen LogP contribution is -2.28. The third kappa shape index (κ3) is 4.76. The van der Waals surface area contributed by atoms with Crippen LogP contribution in [0.2, 0.25) is 10.0 Å². The first-order chi connectivity index (χ1) is 11.6. The molecule has 0 aromatic heterocycles. The monoisotopic (exact) mass is 384 g/mol. The zero-order chi connectivity index (χ0) is 16.9. The molecule has 1 atom stereocenters. The molecule has 0 radical (unpaired) electrons. The third-order valence-electron chi connectivity index (χ3n) is 4.13. The van der Waals surface area contributed by atoms with Gasteiger partial charge in [-0.1, -0.05) is 46.9 Å². The Hall–Kier alpha value is -1.000. The average Bonchev–Trinajstić information content (AvgIpc) is 3.06. The van der Waals surface area contributed by atoms with E-state index in [1.807, 2.05) is 30.6 Å². The van der Waals surface area contributed by atoms with Crippen LogP contribution in [0, 0.1) is 0 Å². The molecule has 1 aliphatic heterocycles. The van der Waals surface area contributed by atoms with Gasteiger partial charge in [-0.05, 0) is 36.6 Å². The standard InChI is InChI=1S/C18H19Cl3N2O/c19-14-3-1-13(2-4-14)11-24-18(10-23-8-7-22-12-23)16-6-5-15(20)9-17(16)21/h1,3,5-6,9,12,18H,2,4,7-8,10-11H2/t18-/m1/s1. The fourth-order valence-corrected chi connectivity index (χ4v) is 3.44. The van der Waals surface area contributed by atoms with Crippen molar-refractivity contribution in [2.45, 2.75) is 18.9 Å². The van der Waals surface area contributed by atoms with Crippen molar-refractivity contribution in [3.05, 3.63) is 56.6 Å². The van der Waals surface area contributed by atoms with Gasteiger partial charge < -0.3 is 9.64 Å². The van der Waals surface area contributed by atoms with E-state index >= 15 is 0 Å². The van der Waals surface area contributed by atoms with Gasteiger partial charge in [0.1, 0.15) is 6.10 Å². The first-order valence-corrected chi connectivity index (χ1v) is 9.10. The predicted molar refractivity (Wildman–Crippen MR) is 101 cm³/mol. The number of aliphatic imine (C=N–C) groups is 1. The van der Waals surface area contributed by atoms with Crippen molar-refractivity contribution >= 4 is 41.1 Å². The second-order valence-electron chi connectivity index (χ2n) is 5.92. The van der Waals surface area contributed by atoms with E-state index in [9.17, 15) is 0 Å². The molecule has 6 heteroatoms. The molecule has 0 fully saturated rings. The largest absolute Gasteiger partial charge is 0.367 e. The SMILES string of the molecule is ClC1=CC=C(CO[C@H](CN2C=NCC2)c2ccc(Cl)cc2Cl)CC1. The van der Waals surface area contributed by atoms with Crippen LogP contribution in [0.1, 0.15) is 24.5 Å². The molecular weight excluding hydrogens is 367 g/mol. The van der Waals surface area contributed by atoms with Crippen molar-refractivity contribution in [2.24, 2.45) is 4.99 Å². The summed E-state index contributed by atoms with van der Waals surface area (Å²) < 4.78 is 6.21. The van der Waals surface area contributed by atoms with Gasteiger partial charge in [-0.2, -0.15) is 0 Å². The molecule has 0 bridgehead atoms. The van der Waals surface area contributed by atoms with E-state index in [4.69, 9.17) is 39.5 Å². The van der Waals surface area contributed by atoms with Gasteiger partial charge >= 0.3 is 0 Å². The Bertz CT molecular complexity index is 685. The first-order valence-electron chi connectivity index (χ1n) is 7.96. The molecule has 0 spiro atoms. The fraction of sp³-hybridized carbons (Fsp3) is 0.389. The maximum Gasteiger partial charge on any atom is 0.102 e. The van der Waals surface area contributed by atoms with Crippen molar-refractivity contribution in [3.8, 4) is 0 Å². The third-order valence-corrected chi connectivity index (χ3v) is 5.00. The smallest absolute Gasteiger partial charge is 0.102 e. The molecule has 1 aromatic rings. The van der Waals surface area contributed by atoms with E-state index in [2.05, 4.69) is 9.89 Å². The molecule has 2 aliphatic rings. The van der Waals surface area contributed by atoms with Gasteiger partial charge in [0, 0.05) is 33.7 Å².